The first-order chi connectivity index (χ1) is 8.35. The summed E-state index contributed by atoms with van der Waals surface area (Å²) < 4.78 is 21.1. The minimum Gasteiger partial charge on any atom is -0.349 e. The van der Waals surface area contributed by atoms with E-state index in [0.717, 1.165) is 0 Å². The van der Waals surface area contributed by atoms with Crippen LogP contribution in [0.5, 0.6) is 0 Å². The number of hydrogen-bond donors (Lipinski definition) is 0. The smallest absolute Gasteiger partial charge is 0.260 e. The number of carbonyl (C=O) groups is 1. The standard InChI is InChI=1S/C11H14Cl2O5/c1-15-10(16-2)7(14)8(12)5-6-9(10,13)11(8,17-3)18-4/h5-6H,1-4H3. The number of methoxy groups -OCH3 is 4. The number of ether oxygens (including phenoxy) is 4. The number of Topliss-reactive ketones (excluding diaryl/α,β-unsaturated/α-hetero) is 1. The molecule has 7 heteroatoms. The Labute approximate surface area is 115 Å². The molecule has 5 nitrogen and oxygen atoms in total. The molecular weight excluding hydrogens is 283 g/mol. The molecule has 0 aromatic carbocycles. The maximum absolute atomic E-state index is 12.5. The van der Waals surface area contributed by atoms with Crippen molar-refractivity contribution in [3.8, 4) is 0 Å². The quantitative estimate of drug-likeness (QED) is 0.441. The highest BCUT2D eigenvalue weighted by Crippen LogP contribution is 2.65. The molecule has 0 heterocycles. The number of fused-ring (bicyclic) bond motifs is 2. The van der Waals surface area contributed by atoms with E-state index in [1.165, 1.54) is 40.6 Å². The number of carbonyl (C=O) groups excluding carboxylic acids is 1. The highest BCUT2D eigenvalue weighted by atomic mass is 35.5. The molecule has 2 aliphatic carbocycles. The van der Waals surface area contributed by atoms with Gasteiger partial charge < -0.3 is 18.9 Å². The van der Waals surface area contributed by atoms with Gasteiger partial charge in [0.2, 0.25) is 11.6 Å². The fraction of sp³-hybridized carbons (Fsp3) is 0.727. The van der Waals surface area contributed by atoms with Crippen LogP contribution in [0.25, 0.3) is 0 Å². The summed E-state index contributed by atoms with van der Waals surface area (Å²) in [6, 6.07) is 0. The predicted octanol–water partition coefficient (Wildman–Crippen LogP) is 1.07. The van der Waals surface area contributed by atoms with Crippen LogP contribution in [-0.4, -0.2) is 55.5 Å². The number of alkyl halides is 2. The molecule has 0 aliphatic heterocycles. The Kier molecular flexibility index (Phi) is 3.10. The molecule has 0 aromatic rings. The van der Waals surface area contributed by atoms with Crippen molar-refractivity contribution < 1.29 is 23.7 Å². The van der Waals surface area contributed by atoms with Crippen LogP contribution in [0, 0.1) is 0 Å². The SMILES string of the molecule is COC1(OC)C(=O)C2(Cl)C=CC1(Cl)C2(OC)OC. The summed E-state index contributed by atoms with van der Waals surface area (Å²) in [6.07, 6.45) is 2.97. The van der Waals surface area contributed by atoms with Gasteiger partial charge in [0.15, 0.2) is 9.75 Å². The Bertz CT molecular complexity index is 416. The van der Waals surface area contributed by atoms with Gasteiger partial charge in [0, 0.05) is 28.4 Å². The molecule has 0 amide bonds. The Morgan fingerprint density at radius 3 is 1.72 bits per heavy atom. The highest BCUT2D eigenvalue weighted by Gasteiger charge is 2.87. The van der Waals surface area contributed by atoms with E-state index in [1.54, 1.807) is 0 Å². The van der Waals surface area contributed by atoms with Gasteiger partial charge >= 0.3 is 0 Å². The molecule has 2 bridgehead atoms. The number of ketones is 1. The first kappa shape index (κ1) is 14.2. The Balaban J connectivity index is 2.76. The minimum absolute atomic E-state index is 0.553. The molecular formula is C11H14Cl2O5. The van der Waals surface area contributed by atoms with Crippen LogP contribution < -0.4 is 0 Å². The normalized spacial score (nSPS) is 39.6. The monoisotopic (exact) mass is 296 g/mol. The van der Waals surface area contributed by atoms with Crippen LogP contribution in [0.3, 0.4) is 0 Å². The first-order valence-corrected chi connectivity index (χ1v) is 5.95. The third-order valence-corrected chi connectivity index (χ3v) is 4.93. The lowest BCUT2D eigenvalue weighted by atomic mass is 9.97. The van der Waals surface area contributed by atoms with Crippen LogP contribution in [0.4, 0.5) is 0 Å². The van der Waals surface area contributed by atoms with Crippen LogP contribution in [-0.2, 0) is 23.7 Å². The maximum atomic E-state index is 12.5. The maximum Gasteiger partial charge on any atom is 0.260 e. The summed E-state index contributed by atoms with van der Waals surface area (Å²) in [6.45, 7) is 0. The third-order valence-electron chi connectivity index (χ3n) is 3.76. The summed E-state index contributed by atoms with van der Waals surface area (Å²) in [5.41, 5.74) is 0. The number of rotatable bonds is 4. The molecule has 2 aliphatic rings. The summed E-state index contributed by atoms with van der Waals surface area (Å²) >= 11 is 12.9. The van der Waals surface area contributed by atoms with E-state index in [2.05, 4.69) is 0 Å². The van der Waals surface area contributed by atoms with Crippen molar-refractivity contribution in [2.24, 2.45) is 0 Å². The summed E-state index contributed by atoms with van der Waals surface area (Å²) in [4.78, 5) is 9.43. The Morgan fingerprint density at radius 2 is 1.44 bits per heavy atom. The molecule has 0 aromatic heterocycles. The van der Waals surface area contributed by atoms with E-state index >= 15 is 0 Å². The lowest BCUT2D eigenvalue weighted by Crippen LogP contribution is -2.61. The third kappa shape index (κ3) is 1.04. The molecule has 18 heavy (non-hydrogen) atoms. The summed E-state index contributed by atoms with van der Waals surface area (Å²) in [5.74, 6) is -3.90. The summed E-state index contributed by atoms with van der Waals surface area (Å²) in [5, 5.41) is 0. The largest absolute Gasteiger partial charge is 0.349 e. The van der Waals surface area contributed by atoms with Gasteiger partial charge in [-0.2, -0.15) is 0 Å². The van der Waals surface area contributed by atoms with Gasteiger partial charge in [0.05, 0.1) is 0 Å². The van der Waals surface area contributed by atoms with Gasteiger partial charge in [-0.3, -0.25) is 4.79 Å². The van der Waals surface area contributed by atoms with Crippen molar-refractivity contribution in [1.82, 2.24) is 0 Å². The van der Waals surface area contributed by atoms with Crippen LogP contribution in [0.1, 0.15) is 0 Å². The zero-order chi connectivity index (χ0) is 13.8. The Morgan fingerprint density at radius 1 is 0.944 bits per heavy atom. The van der Waals surface area contributed by atoms with Crippen molar-refractivity contribution in [2.45, 2.75) is 21.3 Å². The van der Waals surface area contributed by atoms with E-state index < -0.39 is 27.1 Å². The molecule has 0 radical (unpaired) electrons. The average Bonchev–Trinajstić information content (AvgIpc) is 2.68. The molecule has 0 spiro atoms. The topological polar surface area (TPSA) is 54.0 Å². The van der Waals surface area contributed by atoms with Gasteiger partial charge in [-0.05, 0) is 0 Å². The lowest BCUT2D eigenvalue weighted by Gasteiger charge is -2.42. The van der Waals surface area contributed by atoms with E-state index in [9.17, 15) is 4.79 Å². The second-order valence-corrected chi connectivity index (χ2v) is 5.33. The van der Waals surface area contributed by atoms with Crippen LogP contribution in [0.2, 0.25) is 0 Å². The van der Waals surface area contributed by atoms with Crippen molar-refractivity contribution in [2.75, 3.05) is 28.4 Å². The fourth-order valence-electron chi connectivity index (χ4n) is 2.91. The molecule has 2 unspecified atom stereocenters. The molecule has 1 fully saturated rings. The van der Waals surface area contributed by atoms with E-state index in [0.29, 0.717) is 0 Å². The van der Waals surface area contributed by atoms with E-state index in [1.807, 2.05) is 0 Å². The minimum atomic E-state index is -1.75. The molecule has 0 N–H and O–H groups in total. The molecule has 0 saturated heterocycles. The number of hydrogen-bond acceptors (Lipinski definition) is 5. The molecule has 2 rings (SSSR count). The summed E-state index contributed by atoms with van der Waals surface area (Å²) in [7, 11) is 5.35. The van der Waals surface area contributed by atoms with E-state index in [4.69, 9.17) is 42.1 Å². The first-order valence-electron chi connectivity index (χ1n) is 5.19. The second kappa shape index (κ2) is 3.91. The van der Waals surface area contributed by atoms with Crippen molar-refractivity contribution >= 4 is 29.0 Å². The van der Waals surface area contributed by atoms with Crippen molar-refractivity contribution in [3.63, 3.8) is 0 Å². The van der Waals surface area contributed by atoms with Crippen molar-refractivity contribution in [3.05, 3.63) is 12.2 Å². The zero-order valence-corrected chi connectivity index (χ0v) is 12.0. The van der Waals surface area contributed by atoms with Crippen LogP contribution >= 0.6 is 23.2 Å². The van der Waals surface area contributed by atoms with Crippen LogP contribution in [0.15, 0.2) is 12.2 Å². The Hall–Kier alpha value is -0.170. The van der Waals surface area contributed by atoms with Gasteiger partial charge in [-0.15, -0.1) is 11.6 Å². The second-order valence-electron chi connectivity index (χ2n) is 4.14. The highest BCUT2D eigenvalue weighted by molar-refractivity contribution is 6.46. The average molecular weight is 297 g/mol. The lowest BCUT2D eigenvalue weighted by molar-refractivity contribution is -0.263. The molecule has 2 atom stereocenters. The van der Waals surface area contributed by atoms with Gasteiger partial charge in [-0.1, -0.05) is 23.8 Å². The van der Waals surface area contributed by atoms with Gasteiger partial charge in [-0.25, -0.2) is 0 Å². The fourth-order valence-corrected chi connectivity index (χ4v) is 4.06. The zero-order valence-electron chi connectivity index (χ0n) is 10.5. The molecule has 1 saturated carbocycles. The van der Waals surface area contributed by atoms with Gasteiger partial charge in [0.1, 0.15) is 0 Å². The number of halogens is 2. The predicted molar refractivity (Wildman–Crippen MR) is 64.8 cm³/mol. The van der Waals surface area contributed by atoms with E-state index in [-0.39, 0.29) is 0 Å². The van der Waals surface area contributed by atoms with Gasteiger partial charge in [0.25, 0.3) is 5.79 Å². The van der Waals surface area contributed by atoms with Crippen molar-refractivity contribution in [1.29, 1.82) is 0 Å². The molecule has 102 valence electrons.